The Morgan fingerprint density at radius 1 is 1.45 bits per heavy atom. The van der Waals surface area contributed by atoms with Crippen molar-refractivity contribution in [2.24, 2.45) is 0 Å². The third-order valence-corrected chi connectivity index (χ3v) is 4.58. The number of aliphatic hydroxyl groups is 1. The number of piperidine rings is 1. The lowest BCUT2D eigenvalue weighted by atomic mass is 10.0. The molecule has 5 heteroatoms. The quantitative estimate of drug-likeness (QED) is 0.835. The normalized spacial score (nSPS) is 16.1. The Bertz CT molecular complexity index is 519. The van der Waals surface area contributed by atoms with Gasteiger partial charge in [-0.1, -0.05) is 11.8 Å². The molecule has 0 bridgehead atoms. The molecule has 4 nitrogen and oxygen atoms in total. The van der Waals surface area contributed by atoms with Gasteiger partial charge < -0.3 is 14.9 Å². The minimum Gasteiger partial charge on any atom is -0.384 e. The van der Waals surface area contributed by atoms with Crippen molar-refractivity contribution in [3.05, 3.63) is 21.9 Å². The summed E-state index contributed by atoms with van der Waals surface area (Å²) in [6.45, 7) is 1.48. The molecule has 108 valence electrons. The molecular formula is C15H20N2O2S. The molecule has 1 fully saturated rings. The SMILES string of the molecule is CN(C)C1CCN(C(=O)c2ccc(C#CCO)s2)CC1. The number of carbonyl (C=O) groups is 1. The summed E-state index contributed by atoms with van der Waals surface area (Å²) in [4.78, 5) is 18.1. The zero-order valence-electron chi connectivity index (χ0n) is 11.9. The zero-order valence-corrected chi connectivity index (χ0v) is 12.7. The molecule has 1 amide bonds. The number of aliphatic hydroxyl groups excluding tert-OH is 1. The van der Waals surface area contributed by atoms with Crippen molar-refractivity contribution in [3.63, 3.8) is 0 Å². The van der Waals surface area contributed by atoms with Crippen molar-refractivity contribution < 1.29 is 9.90 Å². The van der Waals surface area contributed by atoms with Crippen LogP contribution in [-0.2, 0) is 0 Å². The predicted molar refractivity (Wildman–Crippen MR) is 80.9 cm³/mol. The van der Waals surface area contributed by atoms with E-state index >= 15 is 0 Å². The minimum absolute atomic E-state index is 0.101. The van der Waals surface area contributed by atoms with Crippen LogP contribution in [0.1, 0.15) is 27.4 Å². The van der Waals surface area contributed by atoms with Crippen LogP contribution in [0.4, 0.5) is 0 Å². The van der Waals surface area contributed by atoms with E-state index in [4.69, 9.17) is 5.11 Å². The highest BCUT2D eigenvalue weighted by Crippen LogP contribution is 2.21. The predicted octanol–water partition coefficient (Wildman–Crippen LogP) is 1.26. The molecule has 0 radical (unpaired) electrons. The summed E-state index contributed by atoms with van der Waals surface area (Å²) < 4.78 is 0. The van der Waals surface area contributed by atoms with Gasteiger partial charge in [0.15, 0.2) is 0 Å². The zero-order chi connectivity index (χ0) is 14.5. The molecule has 0 aromatic carbocycles. The number of likely N-dealkylation sites (tertiary alicyclic amines) is 1. The van der Waals surface area contributed by atoms with Crippen LogP contribution >= 0.6 is 11.3 Å². The fourth-order valence-electron chi connectivity index (χ4n) is 2.39. The molecule has 1 saturated heterocycles. The molecule has 1 aliphatic heterocycles. The number of thiophene rings is 1. The summed E-state index contributed by atoms with van der Waals surface area (Å²) in [7, 11) is 4.18. The average Bonchev–Trinajstić information content (AvgIpc) is 2.93. The Kier molecular flexibility index (Phi) is 5.18. The lowest BCUT2D eigenvalue weighted by Crippen LogP contribution is -2.44. The van der Waals surface area contributed by atoms with Gasteiger partial charge in [-0.3, -0.25) is 4.79 Å². The van der Waals surface area contributed by atoms with Gasteiger partial charge in [-0.2, -0.15) is 0 Å². The molecule has 1 aromatic heterocycles. The van der Waals surface area contributed by atoms with E-state index in [0.29, 0.717) is 6.04 Å². The van der Waals surface area contributed by atoms with Gasteiger partial charge in [-0.15, -0.1) is 11.3 Å². The summed E-state index contributed by atoms with van der Waals surface area (Å²) in [5, 5.41) is 8.67. The third kappa shape index (κ3) is 3.60. The molecule has 0 unspecified atom stereocenters. The molecular weight excluding hydrogens is 272 g/mol. The molecule has 0 spiro atoms. The summed E-state index contributed by atoms with van der Waals surface area (Å²) in [6, 6.07) is 4.24. The first-order valence-corrected chi connectivity index (χ1v) is 7.58. The van der Waals surface area contributed by atoms with E-state index in [1.54, 1.807) is 0 Å². The molecule has 0 saturated carbocycles. The second kappa shape index (κ2) is 6.89. The number of rotatable bonds is 2. The lowest BCUT2D eigenvalue weighted by Gasteiger charge is -2.35. The van der Waals surface area contributed by atoms with Crippen LogP contribution in [0.15, 0.2) is 12.1 Å². The van der Waals surface area contributed by atoms with Crippen molar-refractivity contribution in [3.8, 4) is 11.8 Å². The van der Waals surface area contributed by atoms with Gasteiger partial charge in [-0.05, 0) is 39.1 Å². The number of carbonyl (C=O) groups excluding carboxylic acids is 1. The third-order valence-electron chi connectivity index (χ3n) is 3.59. The summed E-state index contributed by atoms with van der Waals surface area (Å²) in [5.74, 6) is 5.54. The van der Waals surface area contributed by atoms with Crippen molar-refractivity contribution in [1.29, 1.82) is 0 Å². The van der Waals surface area contributed by atoms with E-state index in [-0.39, 0.29) is 12.5 Å². The second-order valence-electron chi connectivity index (χ2n) is 5.11. The van der Waals surface area contributed by atoms with Gasteiger partial charge in [0.25, 0.3) is 5.91 Å². The first-order valence-electron chi connectivity index (χ1n) is 6.77. The highest BCUT2D eigenvalue weighted by molar-refractivity contribution is 7.14. The van der Waals surface area contributed by atoms with Crippen LogP contribution in [-0.4, -0.2) is 60.6 Å². The second-order valence-corrected chi connectivity index (χ2v) is 6.19. The van der Waals surface area contributed by atoms with Crippen LogP contribution in [0.2, 0.25) is 0 Å². The van der Waals surface area contributed by atoms with Crippen molar-refractivity contribution in [1.82, 2.24) is 9.80 Å². The van der Waals surface area contributed by atoms with Crippen LogP contribution in [0, 0.1) is 11.8 Å². The van der Waals surface area contributed by atoms with Crippen LogP contribution in [0.25, 0.3) is 0 Å². The average molecular weight is 292 g/mol. The van der Waals surface area contributed by atoms with Crippen molar-refractivity contribution >= 4 is 17.2 Å². The van der Waals surface area contributed by atoms with Crippen molar-refractivity contribution in [2.45, 2.75) is 18.9 Å². The first-order chi connectivity index (χ1) is 9.61. The van der Waals surface area contributed by atoms with Crippen molar-refractivity contribution in [2.75, 3.05) is 33.8 Å². The van der Waals surface area contributed by atoms with Crippen LogP contribution in [0.5, 0.6) is 0 Å². The van der Waals surface area contributed by atoms with E-state index in [1.165, 1.54) is 11.3 Å². The Morgan fingerprint density at radius 3 is 2.75 bits per heavy atom. The van der Waals surface area contributed by atoms with E-state index in [2.05, 4.69) is 30.8 Å². The van der Waals surface area contributed by atoms with E-state index in [0.717, 1.165) is 35.7 Å². The molecule has 1 N–H and O–H groups in total. The molecule has 2 heterocycles. The topological polar surface area (TPSA) is 43.8 Å². The van der Waals surface area contributed by atoms with Gasteiger partial charge in [0, 0.05) is 19.1 Å². The monoisotopic (exact) mass is 292 g/mol. The highest BCUT2D eigenvalue weighted by Gasteiger charge is 2.25. The maximum Gasteiger partial charge on any atom is 0.263 e. The standard InChI is InChI=1S/C15H20N2O2S/c1-16(2)12-7-9-17(10-8-12)15(19)14-6-5-13(20-14)4-3-11-18/h5-6,12,18H,7-11H2,1-2H3. The smallest absolute Gasteiger partial charge is 0.263 e. The van der Waals surface area contributed by atoms with E-state index < -0.39 is 0 Å². The maximum absolute atomic E-state index is 12.4. The summed E-state index contributed by atoms with van der Waals surface area (Å²) in [5.41, 5.74) is 0. The largest absolute Gasteiger partial charge is 0.384 e. The van der Waals surface area contributed by atoms with Gasteiger partial charge in [0.05, 0.1) is 9.75 Å². The van der Waals surface area contributed by atoms with Gasteiger partial charge in [-0.25, -0.2) is 0 Å². The maximum atomic E-state index is 12.4. The number of nitrogens with zero attached hydrogens (tertiary/aromatic N) is 2. The minimum atomic E-state index is -0.154. The lowest BCUT2D eigenvalue weighted by molar-refractivity contribution is 0.0668. The fraction of sp³-hybridized carbons (Fsp3) is 0.533. The van der Waals surface area contributed by atoms with Crippen LogP contribution in [0.3, 0.4) is 0 Å². The Hall–Kier alpha value is -1.35. The molecule has 20 heavy (non-hydrogen) atoms. The number of hydrogen-bond acceptors (Lipinski definition) is 4. The molecule has 2 rings (SSSR count). The Balaban J connectivity index is 1.97. The van der Waals surface area contributed by atoms with Gasteiger partial charge in [0.1, 0.15) is 6.61 Å². The van der Waals surface area contributed by atoms with Gasteiger partial charge >= 0.3 is 0 Å². The van der Waals surface area contributed by atoms with E-state index in [9.17, 15) is 4.79 Å². The Labute approximate surface area is 124 Å². The highest BCUT2D eigenvalue weighted by atomic mass is 32.1. The fourth-order valence-corrected chi connectivity index (χ4v) is 3.24. The molecule has 1 aliphatic rings. The Morgan fingerprint density at radius 2 is 2.15 bits per heavy atom. The summed E-state index contributed by atoms with van der Waals surface area (Å²) in [6.07, 6.45) is 2.06. The number of amides is 1. The molecule has 0 aliphatic carbocycles. The van der Waals surface area contributed by atoms with Crippen LogP contribution < -0.4 is 0 Å². The molecule has 1 aromatic rings. The summed E-state index contributed by atoms with van der Waals surface area (Å²) >= 11 is 1.40. The number of hydrogen-bond donors (Lipinski definition) is 1. The molecule has 0 atom stereocenters. The first kappa shape index (κ1) is 15.0. The van der Waals surface area contributed by atoms with E-state index in [1.807, 2.05) is 17.0 Å². The van der Waals surface area contributed by atoms with Gasteiger partial charge in [0.2, 0.25) is 0 Å².